The molecule has 1 atom stereocenters. The zero-order chi connectivity index (χ0) is 17.3. The lowest BCUT2D eigenvalue weighted by molar-refractivity contribution is -0.274. The number of rotatable bonds is 4. The Morgan fingerprint density at radius 3 is 2.38 bits per heavy atom. The second-order valence-corrected chi connectivity index (χ2v) is 7.56. The molecule has 1 unspecified atom stereocenters. The fourth-order valence-corrected chi connectivity index (χ4v) is 4.13. The Bertz CT molecular complexity index is 645. The fourth-order valence-electron chi connectivity index (χ4n) is 2.62. The van der Waals surface area contributed by atoms with E-state index in [0.717, 1.165) is 12.1 Å². The monoisotopic (exact) mass is 388 g/mol. The van der Waals surface area contributed by atoms with Crippen LogP contribution in [0, 0.1) is 5.92 Å². The van der Waals surface area contributed by atoms with Crippen LogP contribution in [0.15, 0.2) is 29.2 Å². The Hall–Kier alpha value is -1.03. The average molecular weight is 389 g/mol. The number of alkyl halides is 3. The molecule has 138 valence electrons. The lowest BCUT2D eigenvalue weighted by Gasteiger charge is -2.33. The van der Waals surface area contributed by atoms with E-state index in [-0.39, 0.29) is 29.3 Å². The minimum Gasteiger partial charge on any atom is -0.406 e. The minimum atomic E-state index is -4.86. The number of ether oxygens (including phenoxy) is 1. The van der Waals surface area contributed by atoms with Crippen LogP contribution in [0.1, 0.15) is 19.8 Å². The van der Waals surface area contributed by atoms with E-state index in [1.807, 2.05) is 6.92 Å². The van der Waals surface area contributed by atoms with Crippen molar-refractivity contribution < 1.29 is 26.3 Å². The highest BCUT2D eigenvalue weighted by molar-refractivity contribution is 7.89. The molecule has 1 aliphatic heterocycles. The third kappa shape index (κ3) is 5.23. The van der Waals surface area contributed by atoms with Gasteiger partial charge in [-0.05, 0) is 37.8 Å². The van der Waals surface area contributed by atoms with Crippen molar-refractivity contribution in [1.29, 1.82) is 0 Å². The van der Waals surface area contributed by atoms with Crippen LogP contribution in [0.25, 0.3) is 0 Å². The molecule has 24 heavy (non-hydrogen) atoms. The Morgan fingerprint density at radius 2 is 1.88 bits per heavy atom. The molecule has 2 rings (SSSR count). The highest BCUT2D eigenvalue weighted by Crippen LogP contribution is 2.28. The van der Waals surface area contributed by atoms with Crippen LogP contribution in [0.3, 0.4) is 0 Å². The van der Waals surface area contributed by atoms with Crippen LogP contribution in [0.4, 0.5) is 13.2 Å². The van der Waals surface area contributed by atoms with Gasteiger partial charge < -0.3 is 10.5 Å². The van der Waals surface area contributed by atoms with Crippen molar-refractivity contribution in [3.05, 3.63) is 24.3 Å². The first-order chi connectivity index (χ1) is 10.6. The molecule has 2 N–H and O–H groups in total. The van der Waals surface area contributed by atoms with Crippen LogP contribution in [-0.2, 0) is 10.0 Å². The quantitative estimate of drug-likeness (QED) is 0.860. The summed E-state index contributed by atoms with van der Waals surface area (Å²) in [7, 11) is -3.84. The predicted octanol–water partition coefficient (Wildman–Crippen LogP) is 2.75. The van der Waals surface area contributed by atoms with Crippen LogP contribution < -0.4 is 10.5 Å². The molecule has 1 aliphatic rings. The first-order valence-corrected chi connectivity index (χ1v) is 8.65. The summed E-state index contributed by atoms with van der Waals surface area (Å²) in [6.07, 6.45) is -3.59. The number of piperidine rings is 1. The Labute approximate surface area is 145 Å². The van der Waals surface area contributed by atoms with Gasteiger partial charge in [0.2, 0.25) is 10.0 Å². The molecule has 1 aromatic rings. The van der Waals surface area contributed by atoms with E-state index in [1.54, 1.807) is 0 Å². The van der Waals surface area contributed by atoms with Crippen molar-refractivity contribution in [2.45, 2.75) is 37.1 Å². The van der Waals surface area contributed by atoms with Gasteiger partial charge in [-0.2, -0.15) is 4.31 Å². The van der Waals surface area contributed by atoms with Crippen molar-refractivity contribution in [3.8, 4) is 5.75 Å². The number of halogens is 4. The van der Waals surface area contributed by atoms with Crippen LogP contribution in [0.2, 0.25) is 0 Å². The third-order valence-electron chi connectivity index (χ3n) is 3.92. The molecule has 1 fully saturated rings. The molecule has 0 spiro atoms. The molecule has 0 amide bonds. The maximum atomic E-state index is 12.5. The van der Waals surface area contributed by atoms with Gasteiger partial charge in [-0.15, -0.1) is 25.6 Å². The molecule has 10 heteroatoms. The predicted molar refractivity (Wildman–Crippen MR) is 85.5 cm³/mol. The Balaban J connectivity index is 0.00000288. The largest absolute Gasteiger partial charge is 0.573 e. The van der Waals surface area contributed by atoms with Gasteiger partial charge in [0, 0.05) is 25.2 Å². The summed E-state index contributed by atoms with van der Waals surface area (Å²) in [5.41, 5.74) is 5.82. The molecule has 1 saturated heterocycles. The summed E-state index contributed by atoms with van der Waals surface area (Å²) in [5, 5.41) is 0. The first-order valence-electron chi connectivity index (χ1n) is 7.21. The average Bonchev–Trinajstić information content (AvgIpc) is 2.46. The fraction of sp³-hybridized carbons (Fsp3) is 0.571. The van der Waals surface area contributed by atoms with Gasteiger partial charge in [0.25, 0.3) is 0 Å². The summed E-state index contributed by atoms with van der Waals surface area (Å²) in [5.74, 6) is -0.301. The van der Waals surface area contributed by atoms with E-state index >= 15 is 0 Å². The summed E-state index contributed by atoms with van der Waals surface area (Å²) in [6.45, 7) is 2.49. The molecule has 0 aliphatic carbocycles. The molecule has 5 nitrogen and oxygen atoms in total. The molecule has 0 bridgehead atoms. The van der Waals surface area contributed by atoms with Gasteiger partial charge in [0.1, 0.15) is 5.75 Å². The van der Waals surface area contributed by atoms with E-state index in [0.29, 0.717) is 25.9 Å². The maximum absolute atomic E-state index is 12.5. The number of benzene rings is 1. The van der Waals surface area contributed by atoms with Crippen molar-refractivity contribution in [2.24, 2.45) is 11.7 Å². The van der Waals surface area contributed by atoms with Gasteiger partial charge in [0.05, 0.1) is 4.90 Å². The highest BCUT2D eigenvalue weighted by Gasteiger charge is 2.33. The lowest BCUT2D eigenvalue weighted by atomic mass is 9.92. The Kier molecular flexibility index (Phi) is 6.92. The zero-order valence-corrected chi connectivity index (χ0v) is 14.6. The van der Waals surface area contributed by atoms with E-state index in [4.69, 9.17) is 5.73 Å². The number of nitrogens with two attached hydrogens (primary N) is 1. The molecular formula is C14H20ClF3N2O3S. The van der Waals surface area contributed by atoms with E-state index < -0.39 is 22.1 Å². The second-order valence-electron chi connectivity index (χ2n) is 5.62. The molecule has 0 aromatic heterocycles. The maximum Gasteiger partial charge on any atom is 0.573 e. The van der Waals surface area contributed by atoms with Gasteiger partial charge >= 0.3 is 6.36 Å². The normalized spacial score (nSPS) is 18.7. The van der Waals surface area contributed by atoms with Gasteiger partial charge in [-0.3, -0.25) is 0 Å². The van der Waals surface area contributed by atoms with Crippen molar-refractivity contribution in [2.75, 3.05) is 13.1 Å². The van der Waals surface area contributed by atoms with E-state index in [9.17, 15) is 21.6 Å². The number of sulfonamides is 1. The molecule has 1 heterocycles. The standard InChI is InChI=1S/C14H19F3N2O3S.ClH/c1-10(18)11-5-7-19(8-6-11)23(20,21)13-4-2-3-12(9-13)22-14(15,16)17;/h2-4,9-11H,5-8,18H2,1H3;1H. The van der Waals surface area contributed by atoms with Crippen molar-refractivity contribution in [1.82, 2.24) is 4.31 Å². The van der Waals surface area contributed by atoms with Crippen LogP contribution in [-0.4, -0.2) is 38.2 Å². The van der Waals surface area contributed by atoms with E-state index in [1.165, 1.54) is 16.4 Å². The van der Waals surface area contributed by atoms with Crippen LogP contribution >= 0.6 is 12.4 Å². The van der Waals surface area contributed by atoms with Crippen LogP contribution in [0.5, 0.6) is 5.75 Å². The third-order valence-corrected chi connectivity index (χ3v) is 5.81. The molecule has 0 saturated carbocycles. The lowest BCUT2D eigenvalue weighted by Crippen LogP contribution is -2.42. The topological polar surface area (TPSA) is 72.6 Å². The molecule has 0 radical (unpaired) electrons. The SMILES string of the molecule is CC(N)C1CCN(S(=O)(=O)c2cccc(OC(F)(F)F)c2)CC1.Cl. The van der Waals surface area contributed by atoms with Gasteiger partial charge in [-0.1, -0.05) is 6.07 Å². The molecular weight excluding hydrogens is 369 g/mol. The summed E-state index contributed by atoms with van der Waals surface area (Å²) in [6, 6.07) is 4.43. The first kappa shape index (κ1) is 21.0. The van der Waals surface area contributed by atoms with E-state index in [2.05, 4.69) is 4.74 Å². The smallest absolute Gasteiger partial charge is 0.406 e. The number of nitrogens with zero attached hydrogens (tertiary/aromatic N) is 1. The van der Waals surface area contributed by atoms with Crippen molar-refractivity contribution >= 4 is 22.4 Å². The summed E-state index contributed by atoms with van der Waals surface area (Å²) < 4.78 is 66.9. The number of hydrogen-bond acceptors (Lipinski definition) is 4. The molecule has 1 aromatic carbocycles. The minimum absolute atomic E-state index is 0. The zero-order valence-electron chi connectivity index (χ0n) is 13.0. The summed E-state index contributed by atoms with van der Waals surface area (Å²) >= 11 is 0. The summed E-state index contributed by atoms with van der Waals surface area (Å²) in [4.78, 5) is -0.210. The number of hydrogen-bond donors (Lipinski definition) is 1. The Morgan fingerprint density at radius 1 is 1.29 bits per heavy atom. The van der Waals surface area contributed by atoms with Gasteiger partial charge in [-0.25, -0.2) is 8.42 Å². The second kappa shape index (κ2) is 7.90. The highest BCUT2D eigenvalue weighted by atomic mass is 35.5. The van der Waals surface area contributed by atoms with Gasteiger partial charge in [0.15, 0.2) is 0 Å². The van der Waals surface area contributed by atoms with Crippen molar-refractivity contribution in [3.63, 3.8) is 0 Å².